The van der Waals surface area contributed by atoms with Crippen LogP contribution in [-0.2, 0) is 21.2 Å². The molecule has 0 aromatic heterocycles. The first kappa shape index (κ1) is 23.6. The highest BCUT2D eigenvalue weighted by atomic mass is 32.2. The Morgan fingerprint density at radius 3 is 2.47 bits per heavy atom. The molecule has 7 nitrogen and oxygen atoms in total. The van der Waals surface area contributed by atoms with Crippen LogP contribution >= 0.6 is 0 Å². The molecule has 0 saturated heterocycles. The molecule has 0 radical (unpaired) electrons. The van der Waals surface area contributed by atoms with E-state index >= 15 is 0 Å². The first-order chi connectivity index (χ1) is 16.4. The predicted molar refractivity (Wildman–Crippen MR) is 131 cm³/mol. The van der Waals surface area contributed by atoms with E-state index in [2.05, 4.69) is 11.4 Å². The van der Waals surface area contributed by atoms with Crippen LogP contribution in [0.5, 0.6) is 11.5 Å². The van der Waals surface area contributed by atoms with Gasteiger partial charge in [-0.25, -0.2) is 8.42 Å². The van der Waals surface area contributed by atoms with Crippen LogP contribution in [0.15, 0.2) is 77.7 Å². The summed E-state index contributed by atoms with van der Waals surface area (Å²) in [6, 6.07) is 20.8. The molecule has 0 unspecified atom stereocenters. The number of ether oxygens (including phenoxy) is 2. The molecule has 0 aliphatic heterocycles. The Morgan fingerprint density at radius 1 is 1.00 bits per heavy atom. The topological polar surface area (TPSA) is 84.9 Å². The number of carbonyl (C=O) groups is 1. The normalized spacial score (nSPS) is 15.2. The van der Waals surface area contributed by atoms with Gasteiger partial charge in [0, 0.05) is 6.07 Å². The average molecular weight is 481 g/mol. The Bertz CT molecular complexity index is 1260. The van der Waals surface area contributed by atoms with Crippen molar-refractivity contribution in [2.24, 2.45) is 0 Å². The molecule has 3 aromatic carbocycles. The second-order valence-electron chi connectivity index (χ2n) is 8.07. The lowest BCUT2D eigenvalue weighted by Crippen LogP contribution is -2.42. The zero-order valence-corrected chi connectivity index (χ0v) is 20.0. The van der Waals surface area contributed by atoms with Crippen LogP contribution in [0, 0.1) is 0 Å². The predicted octanol–water partition coefficient (Wildman–Crippen LogP) is 4.09. The summed E-state index contributed by atoms with van der Waals surface area (Å²) in [5.41, 5.74) is 2.52. The van der Waals surface area contributed by atoms with Gasteiger partial charge in [-0.15, -0.1) is 0 Å². The molecule has 8 heteroatoms. The SMILES string of the molecule is COc1ccc(OC)c(N(CC(=O)N[C@@H]2CCCc3ccccc32)S(=O)(=O)c2ccccc2)c1. The summed E-state index contributed by atoms with van der Waals surface area (Å²) in [4.78, 5) is 13.3. The van der Waals surface area contributed by atoms with E-state index in [9.17, 15) is 13.2 Å². The number of amides is 1. The van der Waals surface area contributed by atoms with Gasteiger partial charge in [-0.05, 0) is 54.7 Å². The Hall–Kier alpha value is -3.52. The Labute approximate surface area is 200 Å². The molecule has 1 aliphatic rings. The van der Waals surface area contributed by atoms with Gasteiger partial charge in [0.1, 0.15) is 18.0 Å². The van der Waals surface area contributed by atoms with E-state index in [1.54, 1.807) is 36.4 Å². The maximum atomic E-state index is 13.7. The fourth-order valence-electron chi connectivity index (χ4n) is 4.29. The first-order valence-electron chi connectivity index (χ1n) is 11.1. The maximum absolute atomic E-state index is 13.7. The Morgan fingerprint density at radius 2 is 1.74 bits per heavy atom. The van der Waals surface area contributed by atoms with Gasteiger partial charge in [-0.3, -0.25) is 9.10 Å². The number of sulfonamides is 1. The summed E-state index contributed by atoms with van der Waals surface area (Å²) in [6.07, 6.45) is 2.73. The number of fused-ring (bicyclic) bond motifs is 1. The number of anilines is 1. The van der Waals surface area contributed by atoms with Crippen molar-refractivity contribution in [2.45, 2.75) is 30.2 Å². The maximum Gasteiger partial charge on any atom is 0.264 e. The highest BCUT2D eigenvalue weighted by Crippen LogP contribution is 2.36. The highest BCUT2D eigenvalue weighted by molar-refractivity contribution is 7.92. The van der Waals surface area contributed by atoms with E-state index in [0.29, 0.717) is 11.5 Å². The largest absolute Gasteiger partial charge is 0.497 e. The molecule has 1 N–H and O–H groups in total. The average Bonchev–Trinajstić information content (AvgIpc) is 2.87. The Kier molecular flexibility index (Phi) is 7.07. The van der Waals surface area contributed by atoms with E-state index in [1.165, 1.54) is 31.9 Å². The van der Waals surface area contributed by atoms with Gasteiger partial charge in [-0.1, -0.05) is 42.5 Å². The van der Waals surface area contributed by atoms with Crippen molar-refractivity contribution in [1.82, 2.24) is 5.32 Å². The lowest BCUT2D eigenvalue weighted by atomic mass is 9.88. The molecular weight excluding hydrogens is 452 g/mol. The zero-order valence-electron chi connectivity index (χ0n) is 19.2. The summed E-state index contributed by atoms with van der Waals surface area (Å²) in [6.45, 7) is -0.403. The number of carbonyl (C=O) groups excluding carboxylic acids is 1. The number of aryl methyl sites for hydroxylation is 1. The number of rotatable bonds is 8. The van der Waals surface area contributed by atoms with Crippen LogP contribution in [0.1, 0.15) is 30.0 Å². The quantitative estimate of drug-likeness (QED) is 0.525. The van der Waals surface area contributed by atoms with Gasteiger partial charge in [-0.2, -0.15) is 0 Å². The summed E-state index contributed by atoms with van der Waals surface area (Å²) < 4.78 is 39.2. The van der Waals surface area contributed by atoms with Crippen LogP contribution in [-0.4, -0.2) is 35.1 Å². The number of nitrogens with zero attached hydrogens (tertiary/aromatic N) is 1. The second kappa shape index (κ2) is 10.2. The molecule has 4 rings (SSSR count). The number of benzene rings is 3. The van der Waals surface area contributed by atoms with Gasteiger partial charge in [0.05, 0.1) is 30.8 Å². The van der Waals surface area contributed by atoms with Crippen molar-refractivity contribution < 1.29 is 22.7 Å². The molecular formula is C26H28N2O5S. The molecule has 0 bridgehead atoms. The van der Waals surface area contributed by atoms with Crippen molar-refractivity contribution in [1.29, 1.82) is 0 Å². The van der Waals surface area contributed by atoms with Crippen molar-refractivity contribution in [3.63, 3.8) is 0 Å². The molecule has 1 amide bonds. The van der Waals surface area contributed by atoms with Crippen molar-refractivity contribution in [3.8, 4) is 11.5 Å². The first-order valence-corrected chi connectivity index (χ1v) is 12.5. The molecule has 34 heavy (non-hydrogen) atoms. The van der Waals surface area contributed by atoms with E-state index in [1.807, 2.05) is 18.2 Å². The lowest BCUT2D eigenvalue weighted by molar-refractivity contribution is -0.120. The minimum absolute atomic E-state index is 0.0793. The van der Waals surface area contributed by atoms with Crippen molar-refractivity contribution in [2.75, 3.05) is 25.1 Å². The van der Waals surface area contributed by atoms with E-state index in [4.69, 9.17) is 9.47 Å². The summed E-state index contributed by atoms with van der Waals surface area (Å²) in [7, 11) is -1.12. The number of nitrogens with one attached hydrogen (secondary N) is 1. The van der Waals surface area contributed by atoms with E-state index in [0.717, 1.165) is 29.1 Å². The van der Waals surface area contributed by atoms with E-state index in [-0.39, 0.29) is 16.6 Å². The smallest absolute Gasteiger partial charge is 0.264 e. The van der Waals surface area contributed by atoms with Gasteiger partial charge in [0.15, 0.2) is 0 Å². The summed E-state index contributed by atoms with van der Waals surface area (Å²) in [5, 5.41) is 3.05. The molecule has 0 spiro atoms. The molecule has 1 aliphatic carbocycles. The summed E-state index contributed by atoms with van der Waals surface area (Å²) in [5.74, 6) is 0.368. The van der Waals surface area contributed by atoms with Crippen LogP contribution < -0.4 is 19.1 Å². The van der Waals surface area contributed by atoms with E-state index < -0.39 is 22.5 Å². The third kappa shape index (κ3) is 4.87. The molecule has 178 valence electrons. The van der Waals surface area contributed by atoms with Gasteiger partial charge >= 0.3 is 0 Å². The highest BCUT2D eigenvalue weighted by Gasteiger charge is 2.31. The standard InChI is InChI=1S/C26H28N2O5S/c1-32-20-15-16-25(33-2)24(17-20)28(34(30,31)21-11-4-3-5-12-21)18-26(29)27-23-14-8-10-19-9-6-7-13-22(19)23/h3-7,9,11-13,15-17,23H,8,10,14,18H2,1-2H3,(H,27,29)/t23-/m1/s1. The molecule has 3 aromatic rings. The summed E-state index contributed by atoms with van der Waals surface area (Å²) >= 11 is 0. The van der Waals surface area contributed by atoms with Crippen LogP contribution in [0.25, 0.3) is 0 Å². The van der Waals surface area contributed by atoms with Crippen LogP contribution in [0.3, 0.4) is 0 Å². The lowest BCUT2D eigenvalue weighted by Gasteiger charge is -2.29. The number of methoxy groups -OCH3 is 2. The zero-order chi connectivity index (χ0) is 24.1. The molecule has 0 heterocycles. The third-order valence-electron chi connectivity index (χ3n) is 5.98. The fraction of sp³-hybridized carbons (Fsp3) is 0.269. The minimum Gasteiger partial charge on any atom is -0.497 e. The minimum atomic E-state index is -4.07. The molecule has 0 saturated carbocycles. The second-order valence-corrected chi connectivity index (χ2v) is 9.94. The molecule has 1 atom stereocenters. The van der Waals surface area contributed by atoms with Crippen LogP contribution in [0.4, 0.5) is 5.69 Å². The Balaban J connectivity index is 1.69. The van der Waals surface area contributed by atoms with Gasteiger partial charge in [0.2, 0.25) is 5.91 Å². The van der Waals surface area contributed by atoms with Crippen LogP contribution in [0.2, 0.25) is 0 Å². The number of hydrogen-bond donors (Lipinski definition) is 1. The van der Waals surface area contributed by atoms with Crippen molar-refractivity contribution in [3.05, 3.63) is 83.9 Å². The molecule has 0 fully saturated rings. The van der Waals surface area contributed by atoms with Crippen molar-refractivity contribution >= 4 is 21.6 Å². The number of hydrogen-bond acceptors (Lipinski definition) is 5. The third-order valence-corrected chi connectivity index (χ3v) is 7.75. The van der Waals surface area contributed by atoms with Gasteiger partial charge < -0.3 is 14.8 Å². The monoisotopic (exact) mass is 480 g/mol. The van der Waals surface area contributed by atoms with Gasteiger partial charge in [0.25, 0.3) is 10.0 Å². The fourth-order valence-corrected chi connectivity index (χ4v) is 5.73.